The molecule has 0 amide bonds. The lowest BCUT2D eigenvalue weighted by molar-refractivity contribution is 0.0581. The van der Waals surface area contributed by atoms with Crippen molar-refractivity contribution < 1.29 is 37.9 Å². The Morgan fingerprint density at radius 1 is 0.298 bits per heavy atom. The smallest absolute Gasteiger partial charge is 0.142 e. The molecular formula is C92H116N4O8. The topological polar surface area (TPSA) is 86.8 Å². The minimum atomic E-state index is -0.186. The molecule has 8 atom stereocenters. The molecule has 4 aliphatic heterocycles. The highest BCUT2D eigenvalue weighted by molar-refractivity contribution is 5.70. The predicted molar refractivity (Wildman–Crippen MR) is 419 cm³/mol. The number of unbranched alkanes of at least 4 members (excludes halogenated alkanes) is 8. The van der Waals surface area contributed by atoms with Crippen molar-refractivity contribution in [3.63, 3.8) is 0 Å². The van der Waals surface area contributed by atoms with Crippen molar-refractivity contribution >= 4 is 0 Å². The zero-order chi connectivity index (χ0) is 72.4. The summed E-state index contributed by atoms with van der Waals surface area (Å²) in [5, 5.41) is 0. The summed E-state index contributed by atoms with van der Waals surface area (Å²) in [6.45, 7) is 22.7. The molecule has 4 unspecified atom stereocenters. The molecule has 0 aromatic heterocycles. The summed E-state index contributed by atoms with van der Waals surface area (Å²) in [5.41, 5.74) is 18.6. The molecule has 0 N–H and O–H groups in total. The number of ether oxygens (including phenoxy) is 8. The van der Waals surface area contributed by atoms with Crippen LogP contribution in [-0.4, -0.2) is 75.0 Å². The molecule has 12 heteroatoms. The summed E-state index contributed by atoms with van der Waals surface area (Å²) < 4.78 is 59.1. The first-order chi connectivity index (χ1) is 51.0. The summed E-state index contributed by atoms with van der Waals surface area (Å²) in [6.07, 6.45) is 16.0. The van der Waals surface area contributed by atoms with Gasteiger partial charge in [-0.25, -0.2) is 0 Å². The van der Waals surface area contributed by atoms with Crippen LogP contribution in [0.3, 0.4) is 0 Å². The fourth-order valence-electron chi connectivity index (χ4n) is 17.9. The first kappa shape index (κ1) is 74.3. The average molecular weight is 1410 g/mol. The summed E-state index contributed by atoms with van der Waals surface area (Å²) in [6, 6.07) is 54.1. The zero-order valence-corrected chi connectivity index (χ0v) is 64.5. The number of methoxy groups -OCH3 is 4. The second kappa shape index (κ2) is 34.5. The quantitative estimate of drug-likeness (QED) is 0.0438. The molecule has 0 saturated carbocycles. The molecule has 1 aliphatic carbocycles. The van der Waals surface area contributed by atoms with Gasteiger partial charge < -0.3 is 37.9 Å². The van der Waals surface area contributed by atoms with Crippen molar-refractivity contribution in [2.75, 3.05) is 55.4 Å². The van der Waals surface area contributed by atoms with Gasteiger partial charge in [-0.3, -0.25) is 19.6 Å². The number of fused-ring (bicyclic) bond motifs is 16. The van der Waals surface area contributed by atoms with Gasteiger partial charge in [0.15, 0.2) is 0 Å². The summed E-state index contributed by atoms with van der Waals surface area (Å²) in [4.78, 5) is 9.95. The van der Waals surface area contributed by atoms with Crippen LogP contribution in [0.2, 0.25) is 0 Å². The maximum atomic E-state index is 7.61. The predicted octanol–water partition coefficient (Wildman–Crippen LogP) is 22.5. The fraction of sp³-hybridized carbons (Fsp3) is 0.478. The van der Waals surface area contributed by atoms with Crippen LogP contribution in [0.5, 0.6) is 46.0 Å². The molecule has 0 spiro atoms. The third-order valence-electron chi connectivity index (χ3n) is 24.0. The lowest BCUT2D eigenvalue weighted by Crippen LogP contribution is -2.36. The van der Waals surface area contributed by atoms with Crippen LogP contribution in [-0.2, 0) is 26.2 Å². The summed E-state index contributed by atoms with van der Waals surface area (Å²) in [7, 11) is 7.60. The molecule has 0 fully saturated rings. The van der Waals surface area contributed by atoms with Crippen LogP contribution in [0.15, 0.2) is 146 Å². The highest BCUT2D eigenvalue weighted by Gasteiger charge is 2.43. The van der Waals surface area contributed by atoms with Gasteiger partial charge in [0, 0.05) is 119 Å². The van der Waals surface area contributed by atoms with Gasteiger partial charge in [-0.2, -0.15) is 0 Å². The van der Waals surface area contributed by atoms with E-state index in [2.05, 4.69) is 221 Å². The van der Waals surface area contributed by atoms with Crippen molar-refractivity contribution in [1.29, 1.82) is 0 Å². The number of hydrogen-bond acceptors (Lipinski definition) is 12. The molecule has 4 heterocycles. The molecule has 8 aromatic carbocycles. The van der Waals surface area contributed by atoms with E-state index >= 15 is 0 Å². The van der Waals surface area contributed by atoms with Crippen LogP contribution in [0, 0.1) is 0 Å². The average Bonchev–Trinajstić information content (AvgIpc) is 0.725. The van der Waals surface area contributed by atoms with E-state index in [1.54, 1.807) is 0 Å². The normalized spacial score (nSPS) is 19.3. The Morgan fingerprint density at radius 2 is 0.500 bits per heavy atom. The molecule has 0 saturated heterocycles. The van der Waals surface area contributed by atoms with Crippen LogP contribution in [0.1, 0.15) is 295 Å². The molecule has 12 nitrogen and oxygen atoms in total. The van der Waals surface area contributed by atoms with E-state index in [0.29, 0.717) is 53.1 Å². The van der Waals surface area contributed by atoms with Crippen molar-refractivity contribution in [2.45, 2.75) is 232 Å². The molecule has 5 aliphatic rings. The molecule has 8 bridgehead atoms. The lowest BCUT2D eigenvalue weighted by Gasteiger charge is -2.41. The van der Waals surface area contributed by atoms with Gasteiger partial charge in [-0.05, 0) is 99.9 Å². The van der Waals surface area contributed by atoms with Crippen molar-refractivity contribution in [3.8, 4) is 46.0 Å². The van der Waals surface area contributed by atoms with Gasteiger partial charge in [-0.1, -0.05) is 226 Å². The van der Waals surface area contributed by atoms with E-state index in [1.807, 2.05) is 28.4 Å². The minimum Gasteiger partial charge on any atom is -0.496 e. The van der Waals surface area contributed by atoms with E-state index in [9.17, 15) is 0 Å². The fourth-order valence-corrected chi connectivity index (χ4v) is 17.9. The van der Waals surface area contributed by atoms with E-state index in [4.69, 9.17) is 37.9 Å². The van der Waals surface area contributed by atoms with Crippen LogP contribution >= 0.6 is 0 Å². The SMILES string of the molecule is CCCCCC1c2cc(c3c(c2OC)CN([C@@H](C)c2ccccc2)CO3)C(CCCCC)c2cc(c3c(c2OC)CN([C@@H](C)c2ccccc2)CO3)C(CCCCC)c2cc(c3c(c2OC)CN([C@@H](C)c2ccccc2)CO3)C(CCCCC)c2cc1c1c(c2OC)CN([C@@H](C)c2ccccc2)CO1. The minimum absolute atomic E-state index is 0.0520. The Balaban J connectivity index is 1.18. The summed E-state index contributed by atoms with van der Waals surface area (Å²) >= 11 is 0. The highest BCUT2D eigenvalue weighted by Crippen LogP contribution is 2.59. The van der Waals surface area contributed by atoms with Gasteiger partial charge in [0.25, 0.3) is 0 Å². The van der Waals surface area contributed by atoms with Gasteiger partial charge >= 0.3 is 0 Å². The molecule has 552 valence electrons. The molecular weight excluding hydrogens is 1290 g/mol. The summed E-state index contributed by atoms with van der Waals surface area (Å²) in [5.74, 6) is 6.45. The first-order valence-corrected chi connectivity index (χ1v) is 39.6. The number of nitrogens with zero attached hydrogens (tertiary/aromatic N) is 4. The highest BCUT2D eigenvalue weighted by atomic mass is 16.5. The van der Waals surface area contributed by atoms with Crippen LogP contribution in [0.25, 0.3) is 0 Å². The maximum Gasteiger partial charge on any atom is 0.142 e. The van der Waals surface area contributed by atoms with E-state index in [-0.39, 0.29) is 47.8 Å². The largest absolute Gasteiger partial charge is 0.496 e. The monoisotopic (exact) mass is 1400 g/mol. The third kappa shape index (κ3) is 15.1. The molecule has 13 rings (SSSR count). The maximum absolute atomic E-state index is 7.61. The standard InChI is InChI=1S/C92H116N4O8/c1-13-17-25-45-69-73-49-78(90-81(85(73)97-9)53-93(58-102-90)61(5)65-37-29-21-30-38-65)71(47-27-19-15-3)75-51-80(92-83(87(75)99-11)55-95(60-104-92)63(7)67-41-33-23-34-42-67)72(48-28-20-16-4)76-52-79(91-84(88(76)100-12)56-96(59-103-91)64(8)68-43-35-24-36-44-68)70(46-26-18-14-2)74-50-77(69)89-82(86(74)98-10)54-94(57-101-89)62(6)66-39-31-22-32-40-66/h21-24,29-44,49-52,61-64,69-72H,13-20,25-28,45-48,53-60H2,1-12H3/t61-,62-,63-,64-,69?,70?,71?,72?/m0/s1. The van der Waals surface area contributed by atoms with Gasteiger partial charge in [-0.15, -0.1) is 0 Å². The second-order valence-corrected chi connectivity index (χ2v) is 30.2. The van der Waals surface area contributed by atoms with Gasteiger partial charge in [0.1, 0.15) is 72.9 Å². The van der Waals surface area contributed by atoms with Gasteiger partial charge in [0.2, 0.25) is 0 Å². The number of benzene rings is 8. The Morgan fingerprint density at radius 3 is 0.683 bits per heavy atom. The van der Waals surface area contributed by atoms with Gasteiger partial charge in [0.05, 0.1) is 50.7 Å². The lowest BCUT2D eigenvalue weighted by atomic mass is 9.74. The Kier molecular flexibility index (Phi) is 24.6. The molecule has 104 heavy (non-hydrogen) atoms. The number of rotatable bonds is 28. The first-order valence-electron chi connectivity index (χ1n) is 39.6. The van der Waals surface area contributed by atoms with Crippen LogP contribution < -0.4 is 37.9 Å². The Bertz CT molecular complexity index is 3530. The Hall–Kier alpha value is -8.00. The van der Waals surface area contributed by atoms with Crippen molar-refractivity contribution in [3.05, 3.63) is 235 Å². The molecule has 0 radical (unpaired) electrons. The van der Waals surface area contributed by atoms with E-state index in [0.717, 1.165) is 193 Å². The molecule has 8 aromatic rings. The third-order valence-corrected chi connectivity index (χ3v) is 24.0. The van der Waals surface area contributed by atoms with E-state index in [1.165, 1.54) is 44.5 Å². The van der Waals surface area contributed by atoms with Crippen molar-refractivity contribution in [2.24, 2.45) is 0 Å². The van der Waals surface area contributed by atoms with E-state index < -0.39 is 0 Å². The van der Waals surface area contributed by atoms with Crippen LogP contribution in [0.4, 0.5) is 0 Å². The second-order valence-electron chi connectivity index (χ2n) is 30.2. The number of hydrogen-bond donors (Lipinski definition) is 0. The Labute approximate surface area is 622 Å². The van der Waals surface area contributed by atoms with Crippen molar-refractivity contribution in [1.82, 2.24) is 19.6 Å². The zero-order valence-electron chi connectivity index (χ0n) is 64.5.